The monoisotopic (exact) mass is 692 g/mol. The largest absolute Gasteiger partial charge is 0.497 e. The lowest BCUT2D eigenvalue weighted by Gasteiger charge is -2.25. The van der Waals surface area contributed by atoms with Crippen molar-refractivity contribution in [3.8, 4) is 17.0 Å². The Kier molecular flexibility index (Phi) is 9.12. The lowest BCUT2D eigenvalue weighted by molar-refractivity contribution is -0.143. The van der Waals surface area contributed by atoms with Crippen molar-refractivity contribution in [1.82, 2.24) is 14.5 Å². The quantitative estimate of drug-likeness (QED) is 0.136. The zero-order valence-electron chi connectivity index (χ0n) is 25.9. The van der Waals surface area contributed by atoms with Crippen LogP contribution in [0.5, 0.6) is 5.75 Å². The van der Waals surface area contributed by atoms with Gasteiger partial charge in [0.25, 0.3) is 5.56 Å². The number of fused-ring (bicyclic) bond motifs is 1. The molecular formula is C34H27F3N4O5S2. The molecule has 0 N–H and O–H groups in total. The van der Waals surface area contributed by atoms with Gasteiger partial charge in [0.15, 0.2) is 15.1 Å². The van der Waals surface area contributed by atoms with Gasteiger partial charge in [-0.25, -0.2) is 19.8 Å². The lowest BCUT2D eigenvalue weighted by atomic mass is 9.95. The molecule has 4 heterocycles. The maximum absolute atomic E-state index is 14.0. The summed E-state index contributed by atoms with van der Waals surface area (Å²) in [6.07, 6.45) is -3.56. The Hall–Kier alpha value is -4.95. The number of furan rings is 1. The molecule has 14 heteroatoms. The Morgan fingerprint density at radius 3 is 2.54 bits per heavy atom. The summed E-state index contributed by atoms with van der Waals surface area (Å²) in [6, 6.07) is 18.8. The normalized spacial score (nSPS) is 15.0. The van der Waals surface area contributed by atoms with Crippen LogP contribution in [0.15, 0.2) is 109 Å². The first-order valence-corrected chi connectivity index (χ1v) is 16.2. The standard InChI is InChI=1S/C34H27F3N4O5S2/c1-18(2)45-31(43)28-19(3)38-33-41(29(28)21-11-8-12-22(15-21)44-4)30(42)25(47-33)16-23-13-14-27(46-23)48-32-39-24(20-9-6-5-7-10-20)17-26(40-32)34(35,36)37/h5-18,29H,1-4H3/b25-16-/t29-/m1/s1. The first kappa shape index (κ1) is 33.0. The zero-order chi connectivity index (χ0) is 34.2. The number of esters is 1. The van der Waals surface area contributed by atoms with E-state index in [0.717, 1.165) is 29.2 Å². The fraction of sp³-hybridized carbons (Fsp3) is 0.206. The van der Waals surface area contributed by atoms with Gasteiger partial charge in [0.1, 0.15) is 17.2 Å². The van der Waals surface area contributed by atoms with Gasteiger partial charge in [-0.3, -0.25) is 9.36 Å². The molecule has 2 aromatic carbocycles. The maximum atomic E-state index is 14.0. The van der Waals surface area contributed by atoms with E-state index < -0.39 is 35.5 Å². The van der Waals surface area contributed by atoms with E-state index in [1.165, 1.54) is 17.8 Å². The van der Waals surface area contributed by atoms with Crippen LogP contribution in [-0.4, -0.2) is 33.7 Å². The highest BCUT2D eigenvalue weighted by atomic mass is 32.2. The smallest absolute Gasteiger partial charge is 0.433 e. The number of halogens is 3. The van der Waals surface area contributed by atoms with E-state index in [2.05, 4.69) is 15.0 Å². The third kappa shape index (κ3) is 6.85. The first-order valence-electron chi connectivity index (χ1n) is 14.6. The zero-order valence-corrected chi connectivity index (χ0v) is 27.6. The van der Waals surface area contributed by atoms with E-state index in [0.29, 0.717) is 27.4 Å². The molecule has 1 aliphatic rings. The van der Waals surface area contributed by atoms with Crippen molar-refractivity contribution in [2.45, 2.75) is 49.3 Å². The topological polar surface area (TPSA) is 109 Å². The van der Waals surface area contributed by atoms with E-state index in [4.69, 9.17) is 13.9 Å². The highest BCUT2D eigenvalue weighted by molar-refractivity contribution is 7.99. The summed E-state index contributed by atoms with van der Waals surface area (Å²) >= 11 is 1.93. The van der Waals surface area contributed by atoms with Crippen LogP contribution in [0.2, 0.25) is 0 Å². The van der Waals surface area contributed by atoms with Gasteiger partial charge >= 0.3 is 12.1 Å². The van der Waals surface area contributed by atoms with Crippen molar-refractivity contribution in [3.05, 3.63) is 121 Å². The summed E-state index contributed by atoms with van der Waals surface area (Å²) in [6.45, 7) is 5.16. The Morgan fingerprint density at radius 1 is 1.06 bits per heavy atom. The molecule has 0 fully saturated rings. The number of alkyl halides is 3. The summed E-state index contributed by atoms with van der Waals surface area (Å²) in [7, 11) is 1.52. The van der Waals surface area contributed by atoms with Crippen molar-refractivity contribution < 1.29 is 31.9 Å². The number of carbonyl (C=O) groups excluding carboxylic acids is 1. The number of methoxy groups -OCH3 is 1. The number of carbonyl (C=O) groups is 1. The molecule has 48 heavy (non-hydrogen) atoms. The minimum atomic E-state index is -4.68. The van der Waals surface area contributed by atoms with Crippen LogP contribution in [0.25, 0.3) is 17.3 Å². The Balaban J connectivity index is 1.38. The molecule has 9 nitrogen and oxygen atoms in total. The number of benzene rings is 2. The fourth-order valence-corrected chi connectivity index (χ4v) is 6.81. The van der Waals surface area contributed by atoms with Gasteiger partial charge in [0.05, 0.1) is 40.8 Å². The van der Waals surface area contributed by atoms with E-state index in [-0.39, 0.29) is 31.8 Å². The van der Waals surface area contributed by atoms with E-state index in [1.807, 2.05) is 0 Å². The number of rotatable bonds is 8. The first-order chi connectivity index (χ1) is 22.9. The van der Waals surface area contributed by atoms with Crippen LogP contribution in [0.1, 0.15) is 43.8 Å². The predicted molar refractivity (Wildman–Crippen MR) is 173 cm³/mol. The van der Waals surface area contributed by atoms with Crippen LogP contribution >= 0.6 is 23.1 Å². The van der Waals surface area contributed by atoms with Gasteiger partial charge in [0.2, 0.25) is 0 Å². The van der Waals surface area contributed by atoms with Crippen LogP contribution in [0.3, 0.4) is 0 Å². The summed E-state index contributed by atoms with van der Waals surface area (Å²) in [4.78, 5) is 40.3. The second kappa shape index (κ2) is 13.3. The Morgan fingerprint density at radius 2 is 1.83 bits per heavy atom. The number of ether oxygens (including phenoxy) is 2. The molecule has 0 saturated carbocycles. The molecule has 0 unspecified atom stereocenters. The van der Waals surface area contributed by atoms with E-state index >= 15 is 0 Å². The number of allylic oxidation sites excluding steroid dienone is 1. The van der Waals surface area contributed by atoms with Crippen molar-refractivity contribution >= 4 is 35.1 Å². The molecule has 0 saturated heterocycles. The third-order valence-electron chi connectivity index (χ3n) is 7.13. The maximum Gasteiger partial charge on any atom is 0.433 e. The van der Waals surface area contributed by atoms with E-state index in [1.54, 1.807) is 87.5 Å². The molecule has 3 aromatic heterocycles. The van der Waals surface area contributed by atoms with Crippen LogP contribution in [0, 0.1) is 0 Å². The molecule has 0 aliphatic carbocycles. The molecule has 1 atom stereocenters. The minimum Gasteiger partial charge on any atom is -0.497 e. The average Bonchev–Trinajstić information content (AvgIpc) is 3.62. The molecule has 1 aliphatic heterocycles. The molecule has 6 rings (SSSR count). The molecular weight excluding hydrogens is 666 g/mol. The predicted octanol–water partition coefficient (Wildman–Crippen LogP) is 6.42. The Labute approximate surface area is 280 Å². The molecule has 5 aromatic rings. The number of thiazole rings is 1. The molecule has 0 spiro atoms. The lowest BCUT2D eigenvalue weighted by Crippen LogP contribution is -2.40. The van der Waals surface area contributed by atoms with Crippen molar-refractivity contribution in [2.75, 3.05) is 7.11 Å². The molecule has 246 valence electrons. The number of nitrogens with zero attached hydrogens (tertiary/aromatic N) is 4. The Bertz CT molecular complexity index is 2220. The minimum absolute atomic E-state index is 0.117. The summed E-state index contributed by atoms with van der Waals surface area (Å²) in [5, 5.41) is 0.0645. The van der Waals surface area contributed by atoms with Gasteiger partial charge in [-0.15, -0.1) is 0 Å². The number of hydrogen-bond acceptors (Lipinski definition) is 10. The molecule has 0 amide bonds. The summed E-state index contributed by atoms with van der Waals surface area (Å²) in [5.41, 5.74) is 0.381. The average molecular weight is 693 g/mol. The summed E-state index contributed by atoms with van der Waals surface area (Å²) in [5.74, 6) is 0.224. The second-order valence-electron chi connectivity index (χ2n) is 10.9. The van der Waals surface area contributed by atoms with Gasteiger partial charge in [-0.05, 0) is 68.4 Å². The van der Waals surface area contributed by atoms with Gasteiger partial charge in [0, 0.05) is 11.6 Å². The SMILES string of the molecule is COc1cccc([C@@H]2C(C(=O)OC(C)C)=C(C)N=c3s/c(=C\c4ccc(Sc5nc(-c6ccccc6)cc(C(F)(F)F)n5)o4)c(=O)n32)c1. The van der Waals surface area contributed by atoms with Crippen molar-refractivity contribution in [2.24, 2.45) is 4.99 Å². The molecule has 0 radical (unpaired) electrons. The summed E-state index contributed by atoms with van der Waals surface area (Å²) < 4.78 is 59.7. The fourth-order valence-electron chi connectivity index (χ4n) is 5.05. The highest BCUT2D eigenvalue weighted by Gasteiger charge is 2.35. The second-order valence-corrected chi connectivity index (χ2v) is 12.8. The molecule has 0 bridgehead atoms. The number of hydrogen-bond donors (Lipinski definition) is 0. The van der Waals surface area contributed by atoms with Crippen molar-refractivity contribution in [3.63, 3.8) is 0 Å². The van der Waals surface area contributed by atoms with Gasteiger partial charge < -0.3 is 13.9 Å². The van der Waals surface area contributed by atoms with E-state index in [9.17, 15) is 22.8 Å². The van der Waals surface area contributed by atoms with Gasteiger partial charge in [-0.1, -0.05) is 53.8 Å². The highest BCUT2D eigenvalue weighted by Crippen LogP contribution is 2.35. The van der Waals surface area contributed by atoms with Crippen LogP contribution in [-0.2, 0) is 15.7 Å². The van der Waals surface area contributed by atoms with Crippen LogP contribution in [0.4, 0.5) is 13.2 Å². The number of aromatic nitrogens is 3. The van der Waals surface area contributed by atoms with Gasteiger partial charge in [-0.2, -0.15) is 13.2 Å². The van der Waals surface area contributed by atoms with Crippen molar-refractivity contribution in [1.29, 1.82) is 0 Å². The van der Waals surface area contributed by atoms with Crippen LogP contribution < -0.4 is 19.6 Å². The third-order valence-corrected chi connectivity index (χ3v) is 8.90.